The fraction of sp³-hybridized carbons (Fsp3) is 0.810. The van der Waals surface area contributed by atoms with Crippen LogP contribution in [0.4, 0.5) is 0 Å². The van der Waals surface area contributed by atoms with E-state index in [1.165, 1.54) is 43.1 Å². The highest BCUT2D eigenvalue weighted by Gasteiger charge is 2.26. The first kappa shape index (κ1) is 24.8. The topological polar surface area (TPSA) is 53.0 Å². The number of hydrogen-bond acceptors (Lipinski definition) is 5. The van der Waals surface area contributed by atoms with Crippen molar-refractivity contribution in [2.75, 3.05) is 53.0 Å². The summed E-state index contributed by atoms with van der Waals surface area (Å²) >= 11 is 1.80. The summed E-state index contributed by atoms with van der Waals surface area (Å²) < 4.78 is 5.60. The van der Waals surface area contributed by atoms with Gasteiger partial charge in [0.1, 0.15) is 0 Å². The molecule has 29 heavy (non-hydrogen) atoms. The van der Waals surface area contributed by atoms with Gasteiger partial charge < -0.3 is 15.0 Å². The van der Waals surface area contributed by atoms with Gasteiger partial charge in [0.05, 0.1) is 17.3 Å². The van der Waals surface area contributed by atoms with E-state index in [0.29, 0.717) is 5.92 Å². The van der Waals surface area contributed by atoms with Crippen LogP contribution >= 0.6 is 35.3 Å². The van der Waals surface area contributed by atoms with Gasteiger partial charge in [-0.3, -0.25) is 9.89 Å². The van der Waals surface area contributed by atoms with E-state index in [0.717, 1.165) is 57.7 Å². The van der Waals surface area contributed by atoms with Crippen LogP contribution in [0, 0.1) is 11.8 Å². The van der Waals surface area contributed by atoms with Crippen molar-refractivity contribution < 1.29 is 4.74 Å². The quantitative estimate of drug-likeness (QED) is 0.314. The molecule has 6 nitrogen and oxygen atoms in total. The van der Waals surface area contributed by atoms with Gasteiger partial charge in [-0.25, -0.2) is 4.98 Å². The van der Waals surface area contributed by atoms with Gasteiger partial charge in [0.15, 0.2) is 5.96 Å². The largest absolute Gasteiger partial charge is 0.381 e. The number of hydrogen-bond donors (Lipinski definition) is 1. The van der Waals surface area contributed by atoms with E-state index >= 15 is 0 Å². The molecule has 3 heterocycles. The van der Waals surface area contributed by atoms with Crippen LogP contribution in [-0.4, -0.2) is 73.7 Å². The first-order valence-electron chi connectivity index (χ1n) is 10.9. The molecule has 2 fully saturated rings. The van der Waals surface area contributed by atoms with Crippen LogP contribution in [0.2, 0.25) is 0 Å². The number of ether oxygens (including phenoxy) is 1. The SMILES string of the molecule is CCOCC1CCN(C(=NC)NCC2CCN(Cc3csc(CC)n3)CC2)C1.I. The average molecular weight is 536 g/mol. The summed E-state index contributed by atoms with van der Waals surface area (Å²) in [6.45, 7) is 12.5. The van der Waals surface area contributed by atoms with Crippen molar-refractivity contribution in [1.82, 2.24) is 20.1 Å². The molecule has 3 rings (SSSR count). The summed E-state index contributed by atoms with van der Waals surface area (Å²) in [5.74, 6) is 2.44. The van der Waals surface area contributed by atoms with E-state index in [1.54, 1.807) is 11.3 Å². The van der Waals surface area contributed by atoms with E-state index in [9.17, 15) is 0 Å². The number of thiazole rings is 1. The predicted octanol–water partition coefficient (Wildman–Crippen LogP) is 3.47. The van der Waals surface area contributed by atoms with Crippen LogP contribution in [0.3, 0.4) is 0 Å². The molecule has 0 aromatic carbocycles. The van der Waals surface area contributed by atoms with Crippen molar-refractivity contribution in [3.63, 3.8) is 0 Å². The number of likely N-dealkylation sites (tertiary alicyclic amines) is 2. The van der Waals surface area contributed by atoms with Crippen molar-refractivity contribution in [1.29, 1.82) is 0 Å². The number of aliphatic imine (C=N–C) groups is 1. The van der Waals surface area contributed by atoms with E-state index < -0.39 is 0 Å². The van der Waals surface area contributed by atoms with Crippen molar-refractivity contribution in [3.8, 4) is 0 Å². The smallest absolute Gasteiger partial charge is 0.193 e. The zero-order chi connectivity index (χ0) is 19.8. The third kappa shape index (κ3) is 7.63. The van der Waals surface area contributed by atoms with Crippen LogP contribution < -0.4 is 5.32 Å². The molecule has 2 aliphatic heterocycles. The molecule has 1 N–H and O–H groups in total. The number of nitrogens with one attached hydrogen (secondary N) is 1. The van der Waals surface area contributed by atoms with Crippen LogP contribution in [-0.2, 0) is 17.7 Å². The highest BCUT2D eigenvalue weighted by molar-refractivity contribution is 14.0. The molecule has 1 atom stereocenters. The summed E-state index contributed by atoms with van der Waals surface area (Å²) in [5, 5.41) is 7.12. The summed E-state index contributed by atoms with van der Waals surface area (Å²) in [4.78, 5) is 14.2. The number of halogens is 1. The minimum absolute atomic E-state index is 0. The van der Waals surface area contributed by atoms with Gasteiger partial charge in [-0.15, -0.1) is 35.3 Å². The van der Waals surface area contributed by atoms with Gasteiger partial charge in [-0.2, -0.15) is 0 Å². The van der Waals surface area contributed by atoms with E-state index in [-0.39, 0.29) is 24.0 Å². The molecule has 0 radical (unpaired) electrons. The Bertz CT molecular complexity index is 618. The van der Waals surface area contributed by atoms with Gasteiger partial charge in [0, 0.05) is 51.1 Å². The second kappa shape index (κ2) is 13.1. The fourth-order valence-electron chi connectivity index (χ4n) is 4.18. The van der Waals surface area contributed by atoms with Crippen LogP contribution in [0.1, 0.15) is 43.8 Å². The molecule has 0 bridgehead atoms. The maximum absolute atomic E-state index is 5.60. The number of aromatic nitrogens is 1. The first-order chi connectivity index (χ1) is 13.7. The molecule has 0 saturated carbocycles. The lowest BCUT2D eigenvalue weighted by Crippen LogP contribution is -2.44. The van der Waals surface area contributed by atoms with E-state index in [2.05, 4.69) is 39.3 Å². The summed E-state index contributed by atoms with van der Waals surface area (Å²) in [5.41, 5.74) is 1.24. The number of guanidine groups is 1. The summed E-state index contributed by atoms with van der Waals surface area (Å²) in [6, 6.07) is 0. The zero-order valence-corrected chi connectivity index (χ0v) is 21.4. The second-order valence-corrected chi connectivity index (χ2v) is 8.94. The van der Waals surface area contributed by atoms with Crippen molar-refractivity contribution in [2.24, 2.45) is 16.8 Å². The third-order valence-electron chi connectivity index (χ3n) is 5.90. The van der Waals surface area contributed by atoms with Crippen molar-refractivity contribution in [3.05, 3.63) is 16.1 Å². The van der Waals surface area contributed by atoms with Crippen LogP contribution in [0.25, 0.3) is 0 Å². The molecule has 1 aromatic heterocycles. The van der Waals surface area contributed by atoms with Crippen molar-refractivity contribution in [2.45, 2.75) is 46.1 Å². The van der Waals surface area contributed by atoms with Gasteiger partial charge >= 0.3 is 0 Å². The van der Waals surface area contributed by atoms with Gasteiger partial charge in [0.2, 0.25) is 0 Å². The van der Waals surface area contributed by atoms with Crippen LogP contribution in [0.15, 0.2) is 10.4 Å². The third-order valence-corrected chi connectivity index (χ3v) is 6.94. The highest BCUT2D eigenvalue weighted by Crippen LogP contribution is 2.20. The number of rotatable bonds is 8. The minimum Gasteiger partial charge on any atom is -0.381 e. The lowest BCUT2D eigenvalue weighted by molar-refractivity contribution is 0.114. The van der Waals surface area contributed by atoms with E-state index in [4.69, 9.17) is 9.72 Å². The Kier molecular flexibility index (Phi) is 11.2. The number of aryl methyl sites for hydroxylation is 1. The molecule has 2 saturated heterocycles. The minimum atomic E-state index is 0. The fourth-order valence-corrected chi connectivity index (χ4v) is 4.91. The monoisotopic (exact) mass is 535 g/mol. The predicted molar refractivity (Wildman–Crippen MR) is 132 cm³/mol. The van der Waals surface area contributed by atoms with E-state index in [1.807, 2.05) is 7.05 Å². The Hall–Kier alpha value is -0.450. The van der Waals surface area contributed by atoms with Gasteiger partial charge in [-0.1, -0.05) is 6.92 Å². The van der Waals surface area contributed by atoms with Crippen LogP contribution in [0.5, 0.6) is 0 Å². The average Bonchev–Trinajstić information content (AvgIpc) is 3.38. The molecular weight excluding hydrogens is 497 g/mol. The Balaban J connectivity index is 0.00000300. The first-order valence-corrected chi connectivity index (χ1v) is 11.8. The molecule has 1 aromatic rings. The lowest BCUT2D eigenvalue weighted by atomic mass is 9.97. The standard InChI is InChI=1S/C21H37N5OS.HI/c1-4-20-24-19(16-28-20)14-25-9-6-17(7-10-25)12-23-21(22-3)26-11-8-18(13-26)15-27-5-2;/h16-18H,4-15H2,1-3H3,(H,22,23);1H. The Labute approximate surface area is 197 Å². The Morgan fingerprint density at radius 3 is 2.66 bits per heavy atom. The molecule has 166 valence electrons. The summed E-state index contributed by atoms with van der Waals surface area (Å²) in [7, 11) is 1.90. The molecule has 2 aliphatic rings. The molecule has 0 aliphatic carbocycles. The maximum atomic E-state index is 5.60. The zero-order valence-electron chi connectivity index (χ0n) is 18.2. The molecular formula is C21H38IN5OS. The van der Waals surface area contributed by atoms with Crippen molar-refractivity contribution >= 4 is 41.3 Å². The molecule has 8 heteroatoms. The highest BCUT2D eigenvalue weighted by atomic mass is 127. The van der Waals surface area contributed by atoms with Gasteiger partial charge in [-0.05, 0) is 51.6 Å². The normalized spacial score (nSPS) is 21.4. The maximum Gasteiger partial charge on any atom is 0.193 e. The number of nitrogens with zero attached hydrogens (tertiary/aromatic N) is 4. The lowest BCUT2D eigenvalue weighted by Gasteiger charge is -2.32. The number of piperidine rings is 1. The Morgan fingerprint density at radius 2 is 2.00 bits per heavy atom. The molecule has 0 amide bonds. The summed E-state index contributed by atoms with van der Waals surface area (Å²) in [6.07, 6.45) is 4.75. The van der Waals surface area contributed by atoms with Gasteiger partial charge in [0.25, 0.3) is 0 Å². The Morgan fingerprint density at radius 1 is 1.24 bits per heavy atom. The molecule has 1 unspecified atom stereocenters. The second-order valence-electron chi connectivity index (χ2n) is 7.99. The molecule has 0 spiro atoms.